The molecule has 0 amide bonds. The van der Waals surface area contributed by atoms with Gasteiger partial charge in [0.25, 0.3) is 0 Å². The molecule has 4 nitrogen and oxygen atoms in total. The molecule has 1 aromatic carbocycles. The zero-order valence-electron chi connectivity index (χ0n) is 16.5. The topological polar surface area (TPSA) is 41.9 Å². The average molecular weight is 379 g/mol. The van der Waals surface area contributed by atoms with E-state index in [1.807, 2.05) is 12.3 Å². The SMILES string of the molecule is Cc1nc(-c2ccc(C(C)(C)C)cc2)sc1-c1ccnc(N2CCCC2)n1. The molecule has 0 saturated carbocycles. The third-order valence-corrected chi connectivity index (χ3v) is 6.29. The van der Waals surface area contributed by atoms with Crippen LogP contribution >= 0.6 is 11.3 Å². The Labute approximate surface area is 165 Å². The molecule has 5 heteroatoms. The van der Waals surface area contributed by atoms with Crippen molar-refractivity contribution >= 4 is 17.3 Å². The maximum Gasteiger partial charge on any atom is 0.225 e. The largest absolute Gasteiger partial charge is 0.341 e. The Kier molecular flexibility index (Phi) is 4.72. The van der Waals surface area contributed by atoms with Crippen molar-refractivity contribution in [1.29, 1.82) is 0 Å². The standard InChI is InChI=1S/C22H26N4S/c1-15-19(18-11-12-23-21(25-18)26-13-5-6-14-26)27-20(24-15)16-7-9-17(10-8-16)22(2,3)4/h7-12H,5-6,13-14H2,1-4H3. The highest BCUT2D eigenvalue weighted by atomic mass is 32.1. The summed E-state index contributed by atoms with van der Waals surface area (Å²) < 4.78 is 0. The van der Waals surface area contributed by atoms with Gasteiger partial charge in [-0.1, -0.05) is 45.0 Å². The Bertz CT molecular complexity index is 932. The highest BCUT2D eigenvalue weighted by molar-refractivity contribution is 7.18. The van der Waals surface area contributed by atoms with Gasteiger partial charge in [0, 0.05) is 24.8 Å². The molecule has 2 aromatic heterocycles. The number of aryl methyl sites for hydroxylation is 1. The molecule has 1 aliphatic rings. The highest BCUT2D eigenvalue weighted by Crippen LogP contribution is 2.35. The Morgan fingerprint density at radius 3 is 2.33 bits per heavy atom. The second-order valence-corrected chi connectivity index (χ2v) is 9.20. The first-order valence-corrected chi connectivity index (χ1v) is 10.4. The number of thiazole rings is 1. The fraction of sp³-hybridized carbons (Fsp3) is 0.409. The van der Waals surface area contributed by atoms with Gasteiger partial charge in [0.15, 0.2) is 0 Å². The number of anilines is 1. The number of hydrogen-bond donors (Lipinski definition) is 0. The van der Waals surface area contributed by atoms with Gasteiger partial charge in [-0.05, 0) is 36.8 Å². The van der Waals surface area contributed by atoms with Gasteiger partial charge in [-0.2, -0.15) is 0 Å². The van der Waals surface area contributed by atoms with Gasteiger partial charge >= 0.3 is 0 Å². The van der Waals surface area contributed by atoms with Crippen LogP contribution in [0.25, 0.3) is 21.1 Å². The lowest BCUT2D eigenvalue weighted by Crippen LogP contribution is -2.20. The van der Waals surface area contributed by atoms with Crippen LogP contribution < -0.4 is 4.90 Å². The molecule has 4 rings (SSSR count). The van der Waals surface area contributed by atoms with E-state index in [4.69, 9.17) is 9.97 Å². The summed E-state index contributed by atoms with van der Waals surface area (Å²) in [7, 11) is 0. The lowest BCUT2D eigenvalue weighted by atomic mass is 9.87. The molecule has 0 unspecified atom stereocenters. The minimum absolute atomic E-state index is 0.162. The summed E-state index contributed by atoms with van der Waals surface area (Å²) >= 11 is 1.71. The lowest BCUT2D eigenvalue weighted by molar-refractivity contribution is 0.590. The summed E-state index contributed by atoms with van der Waals surface area (Å²) in [6.07, 6.45) is 4.32. The predicted molar refractivity (Wildman–Crippen MR) is 113 cm³/mol. The molecule has 1 fully saturated rings. The van der Waals surface area contributed by atoms with Crippen LogP contribution in [0.4, 0.5) is 5.95 Å². The quantitative estimate of drug-likeness (QED) is 0.606. The van der Waals surface area contributed by atoms with Crippen LogP contribution in [0.5, 0.6) is 0 Å². The molecule has 1 saturated heterocycles. The molecule has 0 aliphatic carbocycles. The maximum atomic E-state index is 4.82. The molecular formula is C22H26N4S. The minimum atomic E-state index is 0.162. The van der Waals surface area contributed by atoms with Crippen LogP contribution in [0.1, 0.15) is 44.9 Å². The van der Waals surface area contributed by atoms with E-state index >= 15 is 0 Å². The first-order valence-electron chi connectivity index (χ1n) is 9.58. The first-order chi connectivity index (χ1) is 12.9. The van der Waals surface area contributed by atoms with E-state index in [1.165, 1.54) is 18.4 Å². The van der Waals surface area contributed by atoms with Crippen molar-refractivity contribution in [1.82, 2.24) is 15.0 Å². The van der Waals surface area contributed by atoms with Gasteiger partial charge in [-0.25, -0.2) is 15.0 Å². The second-order valence-electron chi connectivity index (χ2n) is 8.20. The highest BCUT2D eigenvalue weighted by Gasteiger charge is 2.18. The molecule has 0 radical (unpaired) electrons. The number of rotatable bonds is 3. The van der Waals surface area contributed by atoms with Crippen molar-refractivity contribution in [3.63, 3.8) is 0 Å². The zero-order valence-corrected chi connectivity index (χ0v) is 17.3. The van der Waals surface area contributed by atoms with Crippen molar-refractivity contribution in [2.75, 3.05) is 18.0 Å². The summed E-state index contributed by atoms with van der Waals surface area (Å²) in [6.45, 7) is 10.9. The van der Waals surface area contributed by atoms with Gasteiger partial charge in [0.2, 0.25) is 5.95 Å². The van der Waals surface area contributed by atoms with Gasteiger partial charge in [-0.3, -0.25) is 0 Å². The molecule has 0 spiro atoms. The van der Waals surface area contributed by atoms with Crippen LogP contribution in [0.15, 0.2) is 36.5 Å². The van der Waals surface area contributed by atoms with E-state index in [2.05, 4.69) is 61.8 Å². The number of nitrogens with zero attached hydrogens (tertiary/aromatic N) is 4. The molecule has 0 N–H and O–H groups in total. The molecule has 140 valence electrons. The predicted octanol–water partition coefficient (Wildman–Crippen LogP) is 5.47. The summed E-state index contributed by atoms with van der Waals surface area (Å²) in [5, 5.41) is 1.05. The van der Waals surface area contributed by atoms with E-state index in [1.54, 1.807) is 11.3 Å². The van der Waals surface area contributed by atoms with Gasteiger partial charge in [0.05, 0.1) is 16.3 Å². The molecular weight excluding hydrogens is 352 g/mol. The van der Waals surface area contributed by atoms with Crippen molar-refractivity contribution in [2.45, 2.75) is 46.0 Å². The first kappa shape index (κ1) is 18.1. The van der Waals surface area contributed by atoms with Gasteiger partial charge in [0.1, 0.15) is 5.01 Å². The maximum absolute atomic E-state index is 4.82. The molecule has 3 aromatic rings. The third kappa shape index (κ3) is 3.74. The summed E-state index contributed by atoms with van der Waals surface area (Å²) in [4.78, 5) is 17.5. The van der Waals surface area contributed by atoms with Crippen molar-refractivity contribution in [3.05, 3.63) is 47.8 Å². The monoisotopic (exact) mass is 378 g/mol. The smallest absolute Gasteiger partial charge is 0.225 e. The van der Waals surface area contributed by atoms with Crippen molar-refractivity contribution in [2.24, 2.45) is 0 Å². The summed E-state index contributed by atoms with van der Waals surface area (Å²) in [5.74, 6) is 0.842. The lowest BCUT2D eigenvalue weighted by Gasteiger charge is -2.18. The summed E-state index contributed by atoms with van der Waals surface area (Å²) in [6, 6.07) is 10.8. The average Bonchev–Trinajstić information content (AvgIpc) is 3.31. The Morgan fingerprint density at radius 2 is 1.67 bits per heavy atom. The van der Waals surface area contributed by atoms with Gasteiger partial charge < -0.3 is 4.90 Å². The van der Waals surface area contributed by atoms with Crippen molar-refractivity contribution < 1.29 is 0 Å². The zero-order chi connectivity index (χ0) is 19.0. The van der Waals surface area contributed by atoms with Crippen LogP contribution in [0, 0.1) is 6.92 Å². The molecule has 27 heavy (non-hydrogen) atoms. The van der Waals surface area contributed by atoms with Crippen LogP contribution in [0.2, 0.25) is 0 Å². The Morgan fingerprint density at radius 1 is 0.963 bits per heavy atom. The van der Waals surface area contributed by atoms with Crippen molar-refractivity contribution in [3.8, 4) is 21.1 Å². The fourth-order valence-electron chi connectivity index (χ4n) is 3.41. The normalized spacial score (nSPS) is 14.7. The summed E-state index contributed by atoms with van der Waals surface area (Å²) in [5.41, 5.74) is 4.66. The molecule has 0 bridgehead atoms. The third-order valence-electron chi connectivity index (χ3n) is 5.06. The van der Waals surface area contributed by atoms with E-state index in [0.29, 0.717) is 0 Å². The number of hydrogen-bond acceptors (Lipinski definition) is 5. The molecule has 1 aliphatic heterocycles. The number of aromatic nitrogens is 3. The van der Waals surface area contributed by atoms with E-state index in [-0.39, 0.29) is 5.41 Å². The number of benzene rings is 1. The van der Waals surface area contributed by atoms with Crippen LogP contribution in [-0.2, 0) is 5.41 Å². The van der Waals surface area contributed by atoms with E-state index in [9.17, 15) is 0 Å². The molecule has 3 heterocycles. The van der Waals surface area contributed by atoms with Crippen LogP contribution in [0.3, 0.4) is 0 Å². The second kappa shape index (κ2) is 7.04. The minimum Gasteiger partial charge on any atom is -0.341 e. The Balaban J connectivity index is 1.65. The molecule has 0 atom stereocenters. The van der Waals surface area contributed by atoms with Gasteiger partial charge in [-0.15, -0.1) is 11.3 Å². The van der Waals surface area contributed by atoms with E-state index < -0.39 is 0 Å². The fourth-order valence-corrected chi connectivity index (χ4v) is 4.46. The Hall–Kier alpha value is -2.27. The van der Waals surface area contributed by atoms with E-state index in [0.717, 1.165) is 45.9 Å². The van der Waals surface area contributed by atoms with Crippen LogP contribution in [-0.4, -0.2) is 28.0 Å².